The predicted octanol–water partition coefficient (Wildman–Crippen LogP) is 2.49. The molecule has 0 aliphatic carbocycles. The summed E-state index contributed by atoms with van der Waals surface area (Å²) in [6, 6.07) is 14.1. The zero-order valence-electron chi connectivity index (χ0n) is 10.8. The van der Waals surface area contributed by atoms with Crippen LogP contribution in [0.3, 0.4) is 0 Å². The van der Waals surface area contributed by atoms with E-state index in [1.165, 1.54) is 0 Å². The number of ether oxygens (including phenoxy) is 1. The summed E-state index contributed by atoms with van der Waals surface area (Å²) in [4.78, 5) is 8.31. The molecule has 0 spiro atoms. The first-order chi connectivity index (χ1) is 9.86. The normalized spacial score (nSPS) is 10.4. The number of rotatable bonds is 4. The molecule has 20 heavy (non-hydrogen) atoms. The molecule has 0 fully saturated rings. The van der Waals surface area contributed by atoms with Crippen molar-refractivity contribution in [2.24, 2.45) is 5.84 Å². The van der Waals surface area contributed by atoms with Crippen LogP contribution in [-0.2, 0) is 6.61 Å². The van der Waals surface area contributed by atoms with Gasteiger partial charge in [0.05, 0.1) is 18.1 Å². The maximum Gasteiger partial charge on any atom is 0.158 e. The van der Waals surface area contributed by atoms with Crippen LogP contribution in [0.4, 0.5) is 5.82 Å². The van der Waals surface area contributed by atoms with Crippen LogP contribution in [0.1, 0.15) is 5.69 Å². The van der Waals surface area contributed by atoms with Crippen molar-refractivity contribution in [1.29, 1.82) is 0 Å². The molecular formula is C15H14N4O. The highest BCUT2D eigenvalue weighted by Gasteiger charge is 2.03. The summed E-state index contributed by atoms with van der Waals surface area (Å²) < 4.78 is 5.82. The van der Waals surface area contributed by atoms with E-state index in [1.54, 1.807) is 12.4 Å². The van der Waals surface area contributed by atoms with E-state index in [0.717, 1.165) is 22.2 Å². The Labute approximate surface area is 116 Å². The van der Waals surface area contributed by atoms with Crippen LogP contribution in [0.25, 0.3) is 10.8 Å². The summed E-state index contributed by atoms with van der Waals surface area (Å²) in [5.74, 6) is 6.61. The summed E-state index contributed by atoms with van der Waals surface area (Å²) >= 11 is 0. The highest BCUT2D eigenvalue weighted by molar-refractivity contribution is 5.88. The molecule has 100 valence electrons. The highest BCUT2D eigenvalue weighted by atomic mass is 16.5. The molecule has 3 N–H and O–H groups in total. The third-order valence-corrected chi connectivity index (χ3v) is 2.98. The third kappa shape index (κ3) is 2.53. The van der Waals surface area contributed by atoms with Crippen molar-refractivity contribution in [3.05, 3.63) is 60.6 Å². The van der Waals surface area contributed by atoms with Crippen LogP contribution in [0.15, 0.2) is 54.9 Å². The second-order valence-electron chi connectivity index (χ2n) is 4.30. The lowest BCUT2D eigenvalue weighted by molar-refractivity contribution is 0.304. The van der Waals surface area contributed by atoms with Gasteiger partial charge >= 0.3 is 0 Å². The first-order valence-corrected chi connectivity index (χ1v) is 6.25. The standard InChI is InChI=1S/C15H14N4O/c16-19-15-9-17-12(8-18-15)10-20-14-7-3-5-11-4-1-2-6-13(11)14/h1-9H,10,16H2,(H,18,19). The van der Waals surface area contributed by atoms with Gasteiger partial charge in [-0.15, -0.1) is 0 Å². The molecule has 0 saturated carbocycles. The minimum absolute atomic E-state index is 0.367. The number of nitrogens with one attached hydrogen (secondary N) is 1. The minimum atomic E-state index is 0.367. The molecular weight excluding hydrogens is 252 g/mol. The second kappa shape index (κ2) is 5.54. The Morgan fingerprint density at radius 1 is 1.00 bits per heavy atom. The van der Waals surface area contributed by atoms with E-state index in [-0.39, 0.29) is 0 Å². The average molecular weight is 266 g/mol. The number of hydrogen-bond donors (Lipinski definition) is 2. The molecule has 0 atom stereocenters. The molecule has 0 radical (unpaired) electrons. The second-order valence-corrected chi connectivity index (χ2v) is 4.30. The molecule has 0 amide bonds. The number of hydrogen-bond acceptors (Lipinski definition) is 5. The van der Waals surface area contributed by atoms with Gasteiger partial charge in [0.25, 0.3) is 0 Å². The van der Waals surface area contributed by atoms with Crippen LogP contribution in [0, 0.1) is 0 Å². The summed E-state index contributed by atoms with van der Waals surface area (Å²) in [7, 11) is 0. The lowest BCUT2D eigenvalue weighted by Gasteiger charge is -2.09. The molecule has 5 heteroatoms. The largest absolute Gasteiger partial charge is 0.487 e. The number of aromatic nitrogens is 2. The van der Waals surface area contributed by atoms with E-state index < -0.39 is 0 Å². The fourth-order valence-corrected chi connectivity index (χ4v) is 1.98. The van der Waals surface area contributed by atoms with Gasteiger partial charge in [-0.3, -0.25) is 4.98 Å². The van der Waals surface area contributed by atoms with Crippen molar-refractivity contribution in [3.63, 3.8) is 0 Å². The highest BCUT2D eigenvalue weighted by Crippen LogP contribution is 2.25. The number of nitrogen functional groups attached to an aromatic ring is 1. The molecule has 3 aromatic rings. The lowest BCUT2D eigenvalue weighted by Crippen LogP contribution is -2.09. The monoisotopic (exact) mass is 266 g/mol. The maximum absolute atomic E-state index is 5.82. The molecule has 5 nitrogen and oxygen atoms in total. The van der Waals surface area contributed by atoms with E-state index in [0.29, 0.717) is 12.4 Å². The SMILES string of the molecule is NNc1cnc(COc2cccc3ccccc23)cn1. The van der Waals surface area contributed by atoms with E-state index >= 15 is 0 Å². The maximum atomic E-state index is 5.82. The number of fused-ring (bicyclic) bond motifs is 1. The van der Waals surface area contributed by atoms with Crippen molar-refractivity contribution in [2.75, 3.05) is 5.43 Å². The van der Waals surface area contributed by atoms with Gasteiger partial charge in [-0.1, -0.05) is 36.4 Å². The third-order valence-electron chi connectivity index (χ3n) is 2.98. The van der Waals surface area contributed by atoms with Crippen LogP contribution in [-0.4, -0.2) is 9.97 Å². The van der Waals surface area contributed by atoms with Gasteiger partial charge in [-0.2, -0.15) is 0 Å². The number of hydrazine groups is 1. The molecule has 1 aromatic heterocycles. The lowest BCUT2D eigenvalue weighted by atomic mass is 10.1. The number of benzene rings is 2. The van der Waals surface area contributed by atoms with Gasteiger partial charge in [0.2, 0.25) is 0 Å². The Hall–Kier alpha value is -2.66. The smallest absolute Gasteiger partial charge is 0.158 e. The molecule has 0 aliphatic heterocycles. The van der Waals surface area contributed by atoms with Crippen LogP contribution in [0.5, 0.6) is 5.75 Å². The summed E-state index contributed by atoms with van der Waals surface area (Å²) in [6.07, 6.45) is 3.21. The van der Waals surface area contributed by atoms with E-state index in [1.807, 2.05) is 30.3 Å². The van der Waals surface area contributed by atoms with Crippen LogP contribution < -0.4 is 16.0 Å². The zero-order chi connectivity index (χ0) is 13.8. The molecule has 0 aliphatic rings. The summed E-state index contributed by atoms with van der Waals surface area (Å²) in [5, 5.41) is 2.24. The zero-order valence-corrected chi connectivity index (χ0v) is 10.8. The molecule has 0 bridgehead atoms. The Morgan fingerprint density at radius 3 is 2.65 bits per heavy atom. The molecule has 0 unspecified atom stereocenters. The van der Waals surface area contributed by atoms with Crippen molar-refractivity contribution in [2.45, 2.75) is 6.61 Å². The van der Waals surface area contributed by atoms with Gasteiger partial charge in [-0.05, 0) is 11.5 Å². The summed E-state index contributed by atoms with van der Waals surface area (Å²) in [5.41, 5.74) is 3.18. The van der Waals surface area contributed by atoms with E-state index in [4.69, 9.17) is 10.6 Å². The van der Waals surface area contributed by atoms with Crippen molar-refractivity contribution >= 4 is 16.6 Å². The summed E-state index contributed by atoms with van der Waals surface area (Å²) in [6.45, 7) is 0.367. The van der Waals surface area contributed by atoms with Gasteiger partial charge < -0.3 is 10.2 Å². The molecule has 0 saturated heterocycles. The Morgan fingerprint density at radius 2 is 1.85 bits per heavy atom. The van der Waals surface area contributed by atoms with Crippen molar-refractivity contribution in [3.8, 4) is 5.75 Å². The Kier molecular flexibility index (Phi) is 3.43. The average Bonchev–Trinajstić information content (AvgIpc) is 2.53. The van der Waals surface area contributed by atoms with Crippen molar-refractivity contribution in [1.82, 2.24) is 9.97 Å². The fourth-order valence-electron chi connectivity index (χ4n) is 1.98. The number of nitrogens with zero attached hydrogens (tertiary/aromatic N) is 2. The topological polar surface area (TPSA) is 73.1 Å². The fraction of sp³-hybridized carbons (Fsp3) is 0.0667. The van der Waals surface area contributed by atoms with E-state index in [9.17, 15) is 0 Å². The number of nitrogens with two attached hydrogens (primary N) is 1. The minimum Gasteiger partial charge on any atom is -0.487 e. The van der Waals surface area contributed by atoms with Gasteiger partial charge in [0.15, 0.2) is 5.82 Å². The molecule has 3 rings (SSSR count). The number of anilines is 1. The molecule has 2 aromatic carbocycles. The van der Waals surface area contributed by atoms with Gasteiger partial charge in [0.1, 0.15) is 12.4 Å². The van der Waals surface area contributed by atoms with Crippen LogP contribution >= 0.6 is 0 Å². The van der Waals surface area contributed by atoms with Crippen LogP contribution in [0.2, 0.25) is 0 Å². The quantitative estimate of drug-likeness (QED) is 0.560. The Bertz CT molecular complexity index is 707. The Balaban J connectivity index is 1.79. The van der Waals surface area contributed by atoms with Gasteiger partial charge in [0, 0.05) is 5.39 Å². The van der Waals surface area contributed by atoms with Gasteiger partial charge in [-0.25, -0.2) is 10.8 Å². The first-order valence-electron chi connectivity index (χ1n) is 6.25. The first kappa shape index (κ1) is 12.4. The molecule has 1 heterocycles. The van der Waals surface area contributed by atoms with Crippen molar-refractivity contribution < 1.29 is 4.74 Å². The predicted molar refractivity (Wildman–Crippen MR) is 78.1 cm³/mol. The van der Waals surface area contributed by atoms with E-state index in [2.05, 4.69) is 27.5 Å².